The van der Waals surface area contributed by atoms with Gasteiger partial charge in [-0.15, -0.1) is 0 Å². The molecule has 0 aliphatic rings. The summed E-state index contributed by atoms with van der Waals surface area (Å²) in [5.74, 6) is 5.50. The monoisotopic (exact) mass is 544 g/mol. The van der Waals surface area contributed by atoms with Gasteiger partial charge in [0, 0.05) is 47.6 Å². The van der Waals surface area contributed by atoms with Crippen LogP contribution in [0.1, 0.15) is 32.9 Å². The highest BCUT2D eigenvalue weighted by atomic mass is 35.5. The summed E-state index contributed by atoms with van der Waals surface area (Å²) >= 11 is 6.31. The van der Waals surface area contributed by atoms with E-state index < -0.39 is 17.6 Å². The highest BCUT2D eigenvalue weighted by Gasteiger charge is 2.31. The molecule has 0 radical (unpaired) electrons. The number of carbonyl (C=O) groups excluding carboxylic acids is 1. The van der Waals surface area contributed by atoms with Gasteiger partial charge >= 0.3 is 6.18 Å². The number of carbonyl (C=O) groups is 1. The average Bonchev–Trinajstić information content (AvgIpc) is 3.43. The molecule has 4 rings (SSSR count). The summed E-state index contributed by atoms with van der Waals surface area (Å²) < 4.78 is 43.8. The van der Waals surface area contributed by atoms with E-state index in [1.165, 1.54) is 41.4 Å². The van der Waals surface area contributed by atoms with Crippen LogP contribution in [0.4, 0.5) is 24.5 Å². The molecule has 9 nitrogen and oxygen atoms in total. The number of nitrogens with zero attached hydrogens (tertiary/aromatic N) is 5. The molecule has 2 aromatic heterocycles. The van der Waals surface area contributed by atoms with Gasteiger partial charge in [-0.3, -0.25) is 14.5 Å². The van der Waals surface area contributed by atoms with Gasteiger partial charge in [0.05, 0.1) is 40.2 Å². The molecule has 13 heteroatoms. The van der Waals surface area contributed by atoms with Gasteiger partial charge < -0.3 is 15.6 Å². The minimum absolute atomic E-state index is 0.0523. The predicted molar refractivity (Wildman–Crippen MR) is 139 cm³/mol. The maximum Gasteiger partial charge on any atom is 0.416 e. The molecule has 38 heavy (non-hydrogen) atoms. The van der Waals surface area contributed by atoms with Crippen LogP contribution in [0.25, 0.3) is 11.4 Å². The van der Waals surface area contributed by atoms with Crippen molar-refractivity contribution in [2.24, 2.45) is 18.6 Å². The summed E-state index contributed by atoms with van der Waals surface area (Å²) in [5.41, 5.74) is 8.18. The Morgan fingerprint density at radius 1 is 1.18 bits per heavy atom. The second-order valence-electron chi connectivity index (χ2n) is 8.57. The van der Waals surface area contributed by atoms with Crippen molar-refractivity contribution < 1.29 is 18.0 Å². The Morgan fingerprint density at radius 3 is 2.53 bits per heavy atom. The Bertz CT molecular complexity index is 1540. The summed E-state index contributed by atoms with van der Waals surface area (Å²) in [6.07, 6.45) is 1.37. The first-order valence-corrected chi connectivity index (χ1v) is 11.6. The highest BCUT2D eigenvalue weighted by Crippen LogP contribution is 2.33. The van der Waals surface area contributed by atoms with Gasteiger partial charge in [-0.25, -0.2) is 10.8 Å². The van der Waals surface area contributed by atoms with Gasteiger partial charge in [-0.05, 0) is 50.2 Å². The number of alkyl halides is 3. The van der Waals surface area contributed by atoms with Crippen molar-refractivity contribution in [3.63, 3.8) is 0 Å². The molecule has 0 unspecified atom stereocenters. The van der Waals surface area contributed by atoms with E-state index in [1.54, 1.807) is 31.0 Å². The molecule has 2 aromatic carbocycles. The largest absolute Gasteiger partial charge is 0.416 e. The first-order chi connectivity index (χ1) is 17.8. The lowest BCUT2D eigenvalue weighted by atomic mass is 10.1. The van der Waals surface area contributed by atoms with Crippen molar-refractivity contribution in [3.8, 4) is 5.69 Å². The van der Waals surface area contributed by atoms with Crippen molar-refractivity contribution in [2.45, 2.75) is 20.0 Å². The van der Waals surface area contributed by atoms with Gasteiger partial charge in [0.1, 0.15) is 0 Å². The zero-order valence-corrected chi connectivity index (χ0v) is 21.3. The van der Waals surface area contributed by atoms with Crippen LogP contribution in [0.2, 0.25) is 5.02 Å². The number of nitrogens with two attached hydrogens (primary N) is 2. The molecule has 0 bridgehead atoms. The Morgan fingerprint density at radius 2 is 1.92 bits per heavy atom. The summed E-state index contributed by atoms with van der Waals surface area (Å²) in [4.78, 5) is 17.1. The molecule has 2 heterocycles. The molecule has 0 aliphatic carbocycles. The van der Waals surface area contributed by atoms with Crippen molar-refractivity contribution in [1.29, 1.82) is 0 Å². The van der Waals surface area contributed by atoms with Crippen LogP contribution < -0.4 is 21.9 Å². The van der Waals surface area contributed by atoms with Crippen molar-refractivity contribution in [2.75, 3.05) is 10.3 Å². The second-order valence-corrected chi connectivity index (χ2v) is 8.98. The Labute approximate surface area is 221 Å². The topological polar surface area (TPSA) is 120 Å². The molecular formula is C25H24ClF3N8O. The summed E-state index contributed by atoms with van der Waals surface area (Å²) in [6.45, 7) is 3.56. The van der Waals surface area contributed by atoms with Gasteiger partial charge in [-0.1, -0.05) is 11.6 Å². The first kappa shape index (κ1) is 26.8. The number of aromatic nitrogens is 4. The van der Waals surface area contributed by atoms with Crippen LogP contribution in [0.5, 0.6) is 0 Å². The molecule has 0 fully saturated rings. The van der Waals surface area contributed by atoms with E-state index in [0.717, 1.165) is 22.8 Å². The summed E-state index contributed by atoms with van der Waals surface area (Å²) in [5, 5.41) is 8.05. The van der Waals surface area contributed by atoms with Crippen molar-refractivity contribution in [3.05, 3.63) is 94.4 Å². The lowest BCUT2D eigenvalue weighted by molar-refractivity contribution is -0.137. The second kappa shape index (κ2) is 10.2. The van der Waals surface area contributed by atoms with E-state index in [1.807, 2.05) is 6.92 Å². The first-order valence-electron chi connectivity index (χ1n) is 11.2. The smallest absolute Gasteiger partial charge is 0.397 e. The van der Waals surface area contributed by atoms with E-state index in [0.29, 0.717) is 17.0 Å². The number of benzene rings is 2. The normalized spacial score (nSPS) is 12.1. The zero-order valence-electron chi connectivity index (χ0n) is 20.6. The molecular weight excluding hydrogens is 521 g/mol. The number of amides is 1. The van der Waals surface area contributed by atoms with Crippen LogP contribution in [0, 0.1) is 13.8 Å². The number of rotatable bonds is 6. The molecule has 4 aromatic rings. The molecule has 0 aliphatic heterocycles. The molecule has 5 N–H and O–H groups in total. The van der Waals surface area contributed by atoms with Crippen LogP contribution in [0.3, 0.4) is 0 Å². The average molecular weight is 545 g/mol. The predicted octanol–water partition coefficient (Wildman–Crippen LogP) is 4.78. The third-order valence-electron chi connectivity index (χ3n) is 5.82. The number of aryl methyl sites for hydroxylation is 2. The quantitative estimate of drug-likeness (QED) is 0.237. The fourth-order valence-corrected chi connectivity index (χ4v) is 3.90. The van der Waals surface area contributed by atoms with Gasteiger partial charge in [0.2, 0.25) is 0 Å². The van der Waals surface area contributed by atoms with E-state index >= 15 is 0 Å². The number of halogens is 4. The van der Waals surface area contributed by atoms with E-state index in [4.69, 9.17) is 23.2 Å². The van der Waals surface area contributed by atoms with E-state index in [9.17, 15) is 18.0 Å². The van der Waals surface area contributed by atoms with Crippen LogP contribution >= 0.6 is 11.6 Å². The van der Waals surface area contributed by atoms with Crippen molar-refractivity contribution >= 4 is 34.6 Å². The molecule has 0 saturated heterocycles. The SMILES string of the molecule is Cc1cn(-c2cc(NC(=O)c3ccc(Cl)c(N(N)/C=C(\N)c4cnn(C)c4C)c3)cc(C(F)(F)F)c2)cn1. The third kappa shape index (κ3) is 5.66. The number of hydrazine groups is 1. The van der Waals surface area contributed by atoms with Gasteiger partial charge in [0.15, 0.2) is 0 Å². The number of imidazole rings is 1. The fraction of sp³-hybridized carbons (Fsp3) is 0.160. The van der Waals surface area contributed by atoms with Gasteiger partial charge in [0.25, 0.3) is 5.91 Å². The van der Waals surface area contributed by atoms with E-state index in [2.05, 4.69) is 15.4 Å². The number of anilines is 2. The maximum absolute atomic E-state index is 13.6. The standard InChI is InChI=1S/C25H24ClF3N8O/c1-14-11-36(13-32-14)19-8-17(25(27,28)29)7-18(9-19)34-24(38)16-4-5-21(26)23(6-16)37(31)12-22(30)20-10-33-35(3)15(20)2/h4-13H,30-31H2,1-3H3,(H,34,38)/b22-12-. The lowest BCUT2D eigenvalue weighted by Gasteiger charge is -2.18. The van der Waals surface area contributed by atoms with Crippen molar-refractivity contribution in [1.82, 2.24) is 19.3 Å². The fourth-order valence-electron chi connectivity index (χ4n) is 3.68. The Kier molecular flexibility index (Phi) is 7.20. The Hall–Kier alpha value is -4.29. The van der Waals surface area contributed by atoms with Crippen LogP contribution in [0.15, 0.2) is 61.3 Å². The lowest BCUT2D eigenvalue weighted by Crippen LogP contribution is -2.26. The third-order valence-corrected chi connectivity index (χ3v) is 6.14. The number of nitrogens with one attached hydrogen (secondary N) is 1. The summed E-state index contributed by atoms with van der Waals surface area (Å²) in [7, 11) is 1.77. The molecule has 1 amide bonds. The molecule has 0 spiro atoms. The molecule has 0 atom stereocenters. The van der Waals surface area contributed by atoms with E-state index in [-0.39, 0.29) is 27.6 Å². The highest BCUT2D eigenvalue weighted by molar-refractivity contribution is 6.33. The minimum atomic E-state index is -4.63. The van der Waals surface area contributed by atoms with Crippen LogP contribution in [-0.4, -0.2) is 25.2 Å². The van der Waals surface area contributed by atoms with Crippen LogP contribution in [-0.2, 0) is 13.2 Å². The number of hydrogen-bond donors (Lipinski definition) is 3. The number of hydrogen-bond acceptors (Lipinski definition) is 6. The van der Waals surface area contributed by atoms with Gasteiger partial charge in [-0.2, -0.15) is 18.3 Å². The summed E-state index contributed by atoms with van der Waals surface area (Å²) in [6, 6.07) is 7.55. The molecule has 0 saturated carbocycles. The Balaban J connectivity index is 1.63. The molecule has 198 valence electrons. The zero-order chi connectivity index (χ0) is 27.8. The minimum Gasteiger partial charge on any atom is -0.397 e. The maximum atomic E-state index is 13.6.